The third-order valence-electron chi connectivity index (χ3n) is 6.55. The van der Waals surface area contributed by atoms with Gasteiger partial charge in [0, 0.05) is 24.4 Å². The van der Waals surface area contributed by atoms with Crippen molar-refractivity contribution in [3.63, 3.8) is 0 Å². The van der Waals surface area contributed by atoms with E-state index in [1.807, 2.05) is 0 Å². The average molecular weight is 557 g/mol. The molecule has 3 aromatic rings. The molecule has 2 heterocycles. The van der Waals surface area contributed by atoms with E-state index < -0.39 is 52.1 Å². The number of ether oxygens (including phenoxy) is 1. The molecule has 2 aromatic heterocycles. The summed E-state index contributed by atoms with van der Waals surface area (Å²) < 4.78 is 48.7. The molecule has 0 spiro atoms. The van der Waals surface area contributed by atoms with Gasteiger partial charge >= 0.3 is 6.09 Å². The molecule has 11 heteroatoms. The maximum atomic E-state index is 14.5. The summed E-state index contributed by atoms with van der Waals surface area (Å²) in [7, 11) is 0. The molecule has 0 bridgehead atoms. The fourth-order valence-electron chi connectivity index (χ4n) is 5.03. The second-order valence-electron chi connectivity index (χ2n) is 11.1. The van der Waals surface area contributed by atoms with E-state index in [0.29, 0.717) is 24.2 Å². The van der Waals surface area contributed by atoms with Crippen LogP contribution in [0.1, 0.15) is 68.9 Å². The molecule has 1 aromatic carbocycles. The van der Waals surface area contributed by atoms with Crippen molar-refractivity contribution in [3.05, 3.63) is 71.4 Å². The summed E-state index contributed by atoms with van der Waals surface area (Å²) in [6.45, 7) is 7.46. The Morgan fingerprint density at radius 1 is 1.02 bits per heavy atom. The minimum atomic E-state index is -1.23. The Hall–Kier alpha value is -4.15. The predicted molar refractivity (Wildman–Crippen MR) is 142 cm³/mol. The van der Waals surface area contributed by atoms with E-state index in [-0.39, 0.29) is 23.6 Å². The van der Waals surface area contributed by atoms with E-state index in [0.717, 1.165) is 30.5 Å². The van der Waals surface area contributed by atoms with E-state index in [4.69, 9.17) is 4.74 Å². The van der Waals surface area contributed by atoms with Crippen molar-refractivity contribution >= 4 is 17.7 Å². The number of nitrogens with zero attached hydrogens (tertiary/aromatic N) is 2. The van der Waals surface area contributed by atoms with Gasteiger partial charge in [-0.05, 0) is 75.6 Å². The smallest absolute Gasteiger partial charge is 0.407 e. The summed E-state index contributed by atoms with van der Waals surface area (Å²) in [6.07, 6.45) is 4.77. The number of aromatic nitrogens is 2. The number of rotatable bonds is 5. The van der Waals surface area contributed by atoms with Gasteiger partial charge in [0.05, 0.1) is 17.4 Å². The normalized spacial score (nSPS) is 19.1. The van der Waals surface area contributed by atoms with Crippen molar-refractivity contribution < 1.29 is 32.6 Å². The molecular weight excluding hydrogens is 525 g/mol. The van der Waals surface area contributed by atoms with Crippen molar-refractivity contribution in [2.75, 3.05) is 5.32 Å². The summed E-state index contributed by atoms with van der Waals surface area (Å²) in [5.74, 6) is -4.65. The lowest BCUT2D eigenvalue weighted by Gasteiger charge is -2.35. The van der Waals surface area contributed by atoms with Crippen LogP contribution in [-0.4, -0.2) is 38.7 Å². The van der Waals surface area contributed by atoms with E-state index in [1.165, 1.54) is 6.20 Å². The first-order valence-electron chi connectivity index (χ1n) is 12.9. The number of benzene rings is 1. The Morgan fingerprint density at radius 3 is 2.40 bits per heavy atom. The molecule has 1 aliphatic rings. The zero-order valence-corrected chi connectivity index (χ0v) is 22.6. The number of halogens is 3. The summed E-state index contributed by atoms with van der Waals surface area (Å²) in [5.41, 5.74) is -1.21. The van der Waals surface area contributed by atoms with Crippen LogP contribution in [0.5, 0.6) is 5.75 Å². The van der Waals surface area contributed by atoms with Crippen LogP contribution in [0.2, 0.25) is 0 Å². The monoisotopic (exact) mass is 556 g/mol. The number of hydrogen-bond donors (Lipinski definition) is 3. The Labute approximate surface area is 230 Å². The second-order valence-corrected chi connectivity index (χ2v) is 11.1. The molecule has 2 amide bonds. The van der Waals surface area contributed by atoms with Crippen LogP contribution in [-0.2, 0) is 4.74 Å². The molecule has 8 nitrogen and oxygen atoms in total. The van der Waals surface area contributed by atoms with Crippen molar-refractivity contribution in [1.29, 1.82) is 0 Å². The number of hydrogen-bond acceptors (Lipinski definition) is 6. The first-order valence-corrected chi connectivity index (χ1v) is 12.9. The van der Waals surface area contributed by atoms with Crippen molar-refractivity contribution in [1.82, 2.24) is 15.3 Å². The highest BCUT2D eigenvalue weighted by Gasteiger charge is 2.31. The van der Waals surface area contributed by atoms with E-state index in [9.17, 15) is 27.9 Å². The molecule has 1 saturated carbocycles. The topological polar surface area (TPSA) is 113 Å². The SMILES string of the molecule is C[C@@H]1CC(NC(=O)OC(C)(C)C)CC(c2ccncc2NC(=O)c2ccc(F)c(-c3c(F)cc(O)cc3F)n2)C1. The highest BCUT2D eigenvalue weighted by atomic mass is 19.1. The lowest BCUT2D eigenvalue weighted by molar-refractivity contribution is 0.0482. The van der Waals surface area contributed by atoms with Crippen LogP contribution in [0.3, 0.4) is 0 Å². The summed E-state index contributed by atoms with van der Waals surface area (Å²) >= 11 is 0. The van der Waals surface area contributed by atoms with Gasteiger partial charge in [0.2, 0.25) is 0 Å². The third kappa shape index (κ3) is 6.88. The van der Waals surface area contributed by atoms with E-state index >= 15 is 0 Å². The Kier molecular flexibility index (Phi) is 8.32. The molecule has 4 rings (SSSR count). The van der Waals surface area contributed by atoms with Gasteiger partial charge < -0.3 is 20.5 Å². The minimum Gasteiger partial charge on any atom is -0.508 e. The number of phenolic OH excluding ortho intramolecular Hbond substituents is 1. The zero-order valence-electron chi connectivity index (χ0n) is 22.6. The van der Waals surface area contributed by atoms with Crippen LogP contribution >= 0.6 is 0 Å². The van der Waals surface area contributed by atoms with E-state index in [1.54, 1.807) is 33.0 Å². The predicted octanol–water partition coefficient (Wildman–Crippen LogP) is 6.32. The van der Waals surface area contributed by atoms with Crippen LogP contribution in [0.25, 0.3) is 11.3 Å². The van der Waals surface area contributed by atoms with Crippen LogP contribution < -0.4 is 10.6 Å². The molecule has 0 aliphatic heterocycles. The number of carbonyl (C=O) groups is 2. The number of phenols is 1. The Balaban J connectivity index is 1.56. The number of alkyl carbamates (subject to hydrolysis) is 1. The van der Waals surface area contributed by atoms with Gasteiger partial charge in [0.15, 0.2) is 0 Å². The van der Waals surface area contributed by atoms with Crippen LogP contribution in [0.4, 0.5) is 23.7 Å². The van der Waals surface area contributed by atoms with Gasteiger partial charge in [-0.3, -0.25) is 9.78 Å². The molecule has 0 saturated heterocycles. The minimum absolute atomic E-state index is 0.0288. The number of amides is 2. The lowest BCUT2D eigenvalue weighted by Crippen LogP contribution is -2.42. The van der Waals surface area contributed by atoms with Gasteiger partial charge in [-0.15, -0.1) is 0 Å². The summed E-state index contributed by atoms with van der Waals surface area (Å²) in [5, 5.41) is 15.1. The van der Waals surface area contributed by atoms with Crippen molar-refractivity contribution in [2.45, 2.75) is 64.5 Å². The zero-order chi connectivity index (χ0) is 29.2. The van der Waals surface area contributed by atoms with Gasteiger partial charge in [-0.2, -0.15) is 0 Å². The lowest BCUT2D eigenvalue weighted by atomic mass is 9.76. The first kappa shape index (κ1) is 28.8. The van der Waals surface area contributed by atoms with Crippen molar-refractivity contribution in [2.24, 2.45) is 5.92 Å². The van der Waals surface area contributed by atoms with Gasteiger partial charge in [0.25, 0.3) is 5.91 Å². The Bertz CT molecular complexity index is 1400. The van der Waals surface area contributed by atoms with Crippen molar-refractivity contribution in [3.8, 4) is 17.0 Å². The molecular formula is C29H31F3N4O4. The number of pyridine rings is 2. The quantitative estimate of drug-likeness (QED) is 0.339. The highest BCUT2D eigenvalue weighted by molar-refractivity contribution is 6.03. The molecule has 3 atom stereocenters. The second kappa shape index (κ2) is 11.5. The molecule has 0 radical (unpaired) electrons. The standard InChI is InChI=1S/C29H31F3N4O4/c1-15-9-16(11-17(10-15)34-28(39)40-29(2,3)4)19-7-8-33-14-24(19)36-27(38)23-6-5-20(30)26(35-23)25-21(31)12-18(37)13-22(25)32/h5-8,12-17,37H,9-11H2,1-4H3,(H,34,39)(H,36,38)/t15-,16?,17?/m0/s1. The molecule has 3 N–H and O–H groups in total. The maximum Gasteiger partial charge on any atom is 0.407 e. The van der Waals surface area contributed by atoms with Gasteiger partial charge in [-0.25, -0.2) is 22.9 Å². The fourth-order valence-corrected chi connectivity index (χ4v) is 5.03. The highest BCUT2D eigenvalue weighted by Crippen LogP contribution is 2.39. The molecule has 40 heavy (non-hydrogen) atoms. The third-order valence-corrected chi connectivity index (χ3v) is 6.55. The number of carbonyl (C=O) groups excluding carboxylic acids is 2. The number of anilines is 1. The van der Waals surface area contributed by atoms with Gasteiger partial charge in [0.1, 0.15) is 40.2 Å². The molecule has 1 fully saturated rings. The Morgan fingerprint density at radius 2 is 1.73 bits per heavy atom. The fraction of sp³-hybridized carbons (Fsp3) is 0.379. The van der Waals surface area contributed by atoms with Crippen LogP contribution in [0, 0.1) is 23.4 Å². The van der Waals surface area contributed by atoms with Gasteiger partial charge in [-0.1, -0.05) is 6.92 Å². The molecule has 2 unspecified atom stereocenters. The summed E-state index contributed by atoms with van der Waals surface area (Å²) in [4.78, 5) is 33.5. The maximum absolute atomic E-state index is 14.5. The largest absolute Gasteiger partial charge is 0.508 e. The van der Waals surface area contributed by atoms with E-state index in [2.05, 4.69) is 27.5 Å². The molecule has 212 valence electrons. The average Bonchev–Trinajstić information content (AvgIpc) is 2.83. The first-order chi connectivity index (χ1) is 18.8. The molecule has 1 aliphatic carbocycles. The number of nitrogens with one attached hydrogen (secondary N) is 2. The number of aromatic hydroxyl groups is 1. The summed E-state index contributed by atoms with van der Waals surface area (Å²) in [6, 6.07) is 4.89. The van der Waals surface area contributed by atoms with Crippen LogP contribution in [0.15, 0.2) is 42.7 Å².